The van der Waals surface area contributed by atoms with E-state index in [0.29, 0.717) is 6.54 Å². The van der Waals surface area contributed by atoms with Crippen LogP contribution in [-0.4, -0.2) is 40.8 Å². The Morgan fingerprint density at radius 3 is 2.35 bits per heavy atom. The zero-order valence-corrected chi connectivity index (χ0v) is 11.2. The van der Waals surface area contributed by atoms with E-state index >= 15 is 0 Å². The number of carbonyl (C=O) groups excluding carboxylic acids is 1. The van der Waals surface area contributed by atoms with Gasteiger partial charge >= 0.3 is 12.1 Å². The lowest BCUT2D eigenvalue weighted by atomic mass is 9.88. The molecule has 1 fully saturated rings. The summed E-state index contributed by atoms with van der Waals surface area (Å²) in [6, 6.07) is 0. The Balaban J connectivity index is 2.38. The molecule has 0 radical (unpaired) electrons. The van der Waals surface area contributed by atoms with Gasteiger partial charge in [-0.1, -0.05) is 0 Å². The van der Waals surface area contributed by atoms with E-state index in [2.05, 4.69) is 5.32 Å². The van der Waals surface area contributed by atoms with Gasteiger partial charge in [0.15, 0.2) is 0 Å². The highest BCUT2D eigenvalue weighted by atomic mass is 32.2. The number of carboxylic acids is 1. The number of aliphatic carboxylic acids is 1. The van der Waals surface area contributed by atoms with Gasteiger partial charge in [0.05, 0.1) is 6.42 Å². The average Bonchev–Trinajstić information content (AvgIpc) is 2.05. The van der Waals surface area contributed by atoms with Gasteiger partial charge in [-0.3, -0.25) is 4.79 Å². The van der Waals surface area contributed by atoms with Gasteiger partial charge in [-0.15, -0.1) is 0 Å². The summed E-state index contributed by atoms with van der Waals surface area (Å²) in [4.78, 5) is 22.2. The molecule has 17 heavy (non-hydrogen) atoms. The Labute approximate surface area is 105 Å². The Bertz CT molecular complexity index is 307. The van der Waals surface area contributed by atoms with Crippen LogP contribution in [0, 0.1) is 5.41 Å². The molecule has 1 rings (SSSR count). The maximum Gasteiger partial charge on any atom is 0.407 e. The van der Waals surface area contributed by atoms with E-state index < -0.39 is 17.7 Å². The summed E-state index contributed by atoms with van der Waals surface area (Å²) in [6.45, 7) is 5.73. The lowest BCUT2D eigenvalue weighted by Gasteiger charge is -2.40. The van der Waals surface area contributed by atoms with Crippen LogP contribution >= 0.6 is 11.8 Å². The summed E-state index contributed by atoms with van der Waals surface area (Å²) in [5.41, 5.74) is -0.828. The minimum absolute atomic E-state index is 0.0931. The molecule has 1 heterocycles. The van der Waals surface area contributed by atoms with Crippen LogP contribution in [0.25, 0.3) is 0 Å². The topological polar surface area (TPSA) is 75.6 Å². The molecule has 0 aromatic carbocycles. The van der Waals surface area contributed by atoms with Crippen LogP contribution in [0.5, 0.6) is 0 Å². The van der Waals surface area contributed by atoms with Gasteiger partial charge in [0.1, 0.15) is 5.60 Å². The average molecular weight is 261 g/mol. The van der Waals surface area contributed by atoms with Crippen molar-refractivity contribution in [2.24, 2.45) is 5.41 Å². The minimum Gasteiger partial charge on any atom is -0.481 e. The normalized spacial score (nSPS) is 18.1. The van der Waals surface area contributed by atoms with Crippen molar-refractivity contribution in [3.8, 4) is 0 Å². The van der Waals surface area contributed by atoms with Gasteiger partial charge in [0.25, 0.3) is 0 Å². The van der Waals surface area contributed by atoms with Gasteiger partial charge in [-0.05, 0) is 20.8 Å². The molecule has 0 aliphatic carbocycles. The fourth-order valence-corrected chi connectivity index (χ4v) is 2.74. The molecule has 98 valence electrons. The first-order valence-electron chi connectivity index (χ1n) is 5.49. The highest BCUT2D eigenvalue weighted by Gasteiger charge is 2.40. The molecule has 5 nitrogen and oxygen atoms in total. The second-order valence-corrected chi connectivity index (χ2v) is 6.40. The van der Waals surface area contributed by atoms with Crippen molar-refractivity contribution >= 4 is 23.8 Å². The second-order valence-electron chi connectivity index (χ2n) is 5.42. The number of thioether (sulfide) groups is 1. The van der Waals surface area contributed by atoms with Crippen molar-refractivity contribution in [3.05, 3.63) is 0 Å². The molecular formula is C11H19NO4S. The number of rotatable bonds is 4. The zero-order chi connectivity index (χ0) is 13.1. The fraction of sp³-hybridized carbons (Fsp3) is 0.818. The smallest absolute Gasteiger partial charge is 0.407 e. The number of hydrogen-bond acceptors (Lipinski definition) is 4. The molecule has 0 aromatic rings. The molecule has 0 spiro atoms. The zero-order valence-electron chi connectivity index (χ0n) is 10.4. The highest BCUT2D eigenvalue weighted by molar-refractivity contribution is 8.00. The molecule has 0 aromatic heterocycles. The minimum atomic E-state index is -0.823. The molecular weight excluding hydrogens is 242 g/mol. The van der Waals surface area contributed by atoms with E-state index in [1.54, 1.807) is 32.5 Å². The number of carbonyl (C=O) groups is 2. The Hall–Kier alpha value is -0.910. The predicted molar refractivity (Wildman–Crippen MR) is 66.2 cm³/mol. The van der Waals surface area contributed by atoms with Gasteiger partial charge in [0.2, 0.25) is 0 Å². The van der Waals surface area contributed by atoms with Gasteiger partial charge in [0, 0.05) is 23.5 Å². The Morgan fingerprint density at radius 2 is 2.00 bits per heavy atom. The number of ether oxygens (including phenoxy) is 1. The predicted octanol–water partition coefficient (Wildman–Crippen LogP) is 1.72. The van der Waals surface area contributed by atoms with E-state index in [9.17, 15) is 9.59 Å². The first kappa shape index (κ1) is 14.2. The van der Waals surface area contributed by atoms with Crippen molar-refractivity contribution in [2.75, 3.05) is 18.1 Å². The van der Waals surface area contributed by atoms with Crippen molar-refractivity contribution < 1.29 is 19.4 Å². The maximum absolute atomic E-state index is 11.4. The van der Waals surface area contributed by atoms with Crippen molar-refractivity contribution in [1.29, 1.82) is 0 Å². The quantitative estimate of drug-likeness (QED) is 0.806. The summed E-state index contributed by atoms with van der Waals surface area (Å²) in [5, 5.41) is 11.5. The van der Waals surface area contributed by atoms with E-state index in [0.717, 1.165) is 11.5 Å². The molecule has 1 aliphatic heterocycles. The molecule has 6 heteroatoms. The van der Waals surface area contributed by atoms with Crippen molar-refractivity contribution in [1.82, 2.24) is 5.32 Å². The number of hydrogen-bond donors (Lipinski definition) is 2. The van der Waals surface area contributed by atoms with Crippen LogP contribution in [0.4, 0.5) is 4.79 Å². The fourth-order valence-electron chi connectivity index (χ4n) is 1.55. The van der Waals surface area contributed by atoms with E-state index in [1.165, 1.54) is 0 Å². The van der Waals surface area contributed by atoms with Crippen LogP contribution in [0.1, 0.15) is 27.2 Å². The molecule has 1 saturated heterocycles. The summed E-state index contributed by atoms with van der Waals surface area (Å²) in [7, 11) is 0. The number of nitrogens with one attached hydrogen (secondary N) is 1. The largest absolute Gasteiger partial charge is 0.481 e. The van der Waals surface area contributed by atoms with Gasteiger partial charge in [-0.25, -0.2) is 4.79 Å². The van der Waals surface area contributed by atoms with E-state index in [-0.39, 0.29) is 11.8 Å². The van der Waals surface area contributed by atoms with Crippen molar-refractivity contribution in [2.45, 2.75) is 32.8 Å². The molecule has 0 unspecified atom stereocenters. The van der Waals surface area contributed by atoms with Gasteiger partial charge in [-0.2, -0.15) is 11.8 Å². The molecule has 0 atom stereocenters. The third-order valence-corrected chi connectivity index (χ3v) is 3.98. The lowest BCUT2D eigenvalue weighted by Crippen LogP contribution is -2.48. The summed E-state index contributed by atoms with van der Waals surface area (Å²) in [6.07, 6.45) is -0.394. The van der Waals surface area contributed by atoms with Crippen molar-refractivity contribution in [3.63, 3.8) is 0 Å². The van der Waals surface area contributed by atoms with E-state index in [1.807, 2.05) is 0 Å². The van der Waals surface area contributed by atoms with Crippen LogP contribution < -0.4 is 5.32 Å². The first-order chi connectivity index (χ1) is 7.72. The standard InChI is InChI=1S/C11H19NO4S/c1-10(2,3)16-9(15)12-5-11(4-8(13)14)6-17-7-11/h4-7H2,1-3H3,(H,12,15)(H,13,14). The monoisotopic (exact) mass is 261 g/mol. The molecule has 2 N–H and O–H groups in total. The van der Waals surface area contributed by atoms with Crippen LogP contribution in [0.3, 0.4) is 0 Å². The Kier molecular flexibility index (Phi) is 4.30. The van der Waals surface area contributed by atoms with E-state index in [4.69, 9.17) is 9.84 Å². The number of amides is 1. The lowest BCUT2D eigenvalue weighted by molar-refractivity contribution is -0.139. The second kappa shape index (κ2) is 5.16. The SMILES string of the molecule is CC(C)(C)OC(=O)NCC1(CC(=O)O)CSC1. The van der Waals surface area contributed by atoms with Gasteiger partial charge < -0.3 is 15.2 Å². The molecule has 0 bridgehead atoms. The molecule has 0 saturated carbocycles. The van der Waals surface area contributed by atoms with Crippen LogP contribution in [0.2, 0.25) is 0 Å². The van der Waals surface area contributed by atoms with Crippen LogP contribution in [-0.2, 0) is 9.53 Å². The van der Waals surface area contributed by atoms with Crippen LogP contribution in [0.15, 0.2) is 0 Å². The Morgan fingerprint density at radius 1 is 1.41 bits per heavy atom. The molecule has 1 aliphatic rings. The maximum atomic E-state index is 11.4. The first-order valence-corrected chi connectivity index (χ1v) is 6.64. The molecule has 1 amide bonds. The highest BCUT2D eigenvalue weighted by Crippen LogP contribution is 2.40. The number of carboxylic acid groups (broad SMARTS) is 1. The summed E-state index contributed by atoms with van der Waals surface area (Å²) >= 11 is 1.70. The summed E-state index contributed by atoms with van der Waals surface area (Å²) < 4.78 is 5.10. The third kappa shape index (κ3) is 4.85. The number of alkyl carbamates (subject to hydrolysis) is 1. The summed E-state index contributed by atoms with van der Waals surface area (Å²) in [5.74, 6) is 0.723. The third-order valence-electron chi connectivity index (χ3n) is 2.35.